The van der Waals surface area contributed by atoms with Crippen LogP contribution < -0.4 is 15.4 Å². The van der Waals surface area contributed by atoms with Crippen molar-refractivity contribution in [3.8, 4) is 5.75 Å². The number of hydrogen-bond acceptors (Lipinski definition) is 4. The summed E-state index contributed by atoms with van der Waals surface area (Å²) in [5, 5.41) is 8.07. The van der Waals surface area contributed by atoms with Crippen molar-refractivity contribution in [2.75, 3.05) is 19.0 Å². The third-order valence-electron chi connectivity index (χ3n) is 2.91. The minimum atomic E-state index is -0.0569. The van der Waals surface area contributed by atoms with E-state index in [1.54, 1.807) is 18.4 Å². The summed E-state index contributed by atoms with van der Waals surface area (Å²) in [5.41, 5.74) is 0.765. The molecule has 1 atom stereocenters. The number of benzene rings is 1. The van der Waals surface area contributed by atoms with E-state index in [4.69, 9.17) is 4.74 Å². The molecule has 0 aliphatic heterocycles. The average molecular weight is 290 g/mol. The molecule has 1 unspecified atom stereocenters. The van der Waals surface area contributed by atoms with Gasteiger partial charge in [0.2, 0.25) is 5.91 Å². The molecule has 4 nitrogen and oxygen atoms in total. The van der Waals surface area contributed by atoms with Crippen LogP contribution in [0.15, 0.2) is 41.8 Å². The molecule has 1 aromatic heterocycles. The number of rotatable bonds is 6. The van der Waals surface area contributed by atoms with Gasteiger partial charge in [-0.25, -0.2) is 0 Å². The van der Waals surface area contributed by atoms with Crippen molar-refractivity contribution >= 4 is 22.9 Å². The maximum atomic E-state index is 11.8. The number of carbonyl (C=O) groups excluding carboxylic acids is 1. The Labute approximate surface area is 122 Å². The number of methoxy groups -OCH3 is 1. The predicted molar refractivity (Wildman–Crippen MR) is 82.4 cm³/mol. The van der Waals surface area contributed by atoms with E-state index in [0.29, 0.717) is 0 Å². The highest BCUT2D eigenvalue weighted by Gasteiger charge is 2.08. The van der Waals surface area contributed by atoms with Crippen molar-refractivity contribution in [1.29, 1.82) is 0 Å². The van der Waals surface area contributed by atoms with Gasteiger partial charge in [-0.15, -0.1) is 11.3 Å². The lowest BCUT2D eigenvalue weighted by atomic mass is 10.2. The van der Waals surface area contributed by atoms with Crippen LogP contribution in [0, 0.1) is 0 Å². The third kappa shape index (κ3) is 4.08. The summed E-state index contributed by atoms with van der Waals surface area (Å²) in [4.78, 5) is 13.1. The Morgan fingerprint density at radius 3 is 2.65 bits per heavy atom. The smallest absolute Gasteiger partial charge is 0.238 e. The number of nitrogens with one attached hydrogen (secondary N) is 2. The van der Waals surface area contributed by atoms with Gasteiger partial charge in [-0.1, -0.05) is 6.07 Å². The number of amides is 1. The van der Waals surface area contributed by atoms with Gasteiger partial charge >= 0.3 is 0 Å². The van der Waals surface area contributed by atoms with Crippen LogP contribution in [0.25, 0.3) is 0 Å². The molecule has 0 fully saturated rings. The zero-order valence-corrected chi connectivity index (χ0v) is 12.4. The topological polar surface area (TPSA) is 50.4 Å². The van der Waals surface area contributed by atoms with Gasteiger partial charge in [-0.05, 0) is 42.6 Å². The maximum absolute atomic E-state index is 11.8. The lowest BCUT2D eigenvalue weighted by Crippen LogP contribution is -2.29. The number of thiophene rings is 1. The largest absolute Gasteiger partial charge is 0.497 e. The molecule has 2 aromatic rings. The van der Waals surface area contributed by atoms with Crippen LogP contribution in [0.3, 0.4) is 0 Å². The zero-order chi connectivity index (χ0) is 14.4. The Kier molecular flexibility index (Phi) is 5.15. The number of anilines is 1. The van der Waals surface area contributed by atoms with Crippen LogP contribution in [0.5, 0.6) is 5.75 Å². The molecule has 0 radical (unpaired) electrons. The second-order valence-corrected chi connectivity index (χ2v) is 5.37. The van der Waals surface area contributed by atoms with Crippen LogP contribution >= 0.6 is 11.3 Å². The Hall–Kier alpha value is -1.85. The van der Waals surface area contributed by atoms with E-state index < -0.39 is 0 Å². The summed E-state index contributed by atoms with van der Waals surface area (Å²) in [7, 11) is 1.61. The molecule has 0 aliphatic rings. The molecule has 5 heteroatoms. The first-order valence-electron chi connectivity index (χ1n) is 6.39. The van der Waals surface area contributed by atoms with E-state index in [2.05, 4.69) is 16.7 Å². The summed E-state index contributed by atoms with van der Waals surface area (Å²) in [5.74, 6) is 0.714. The van der Waals surface area contributed by atoms with Gasteiger partial charge in [0, 0.05) is 16.6 Å². The zero-order valence-electron chi connectivity index (χ0n) is 11.6. The van der Waals surface area contributed by atoms with E-state index >= 15 is 0 Å². The van der Waals surface area contributed by atoms with E-state index in [1.165, 1.54) is 4.88 Å². The number of hydrogen-bond donors (Lipinski definition) is 2. The van der Waals surface area contributed by atoms with Crippen LogP contribution in [-0.4, -0.2) is 19.6 Å². The molecule has 0 spiro atoms. The van der Waals surface area contributed by atoms with Gasteiger partial charge < -0.3 is 15.4 Å². The van der Waals surface area contributed by atoms with Crippen molar-refractivity contribution in [2.24, 2.45) is 0 Å². The first kappa shape index (κ1) is 14.6. The maximum Gasteiger partial charge on any atom is 0.238 e. The lowest BCUT2D eigenvalue weighted by Gasteiger charge is -2.12. The third-order valence-corrected chi connectivity index (χ3v) is 3.97. The summed E-state index contributed by atoms with van der Waals surface area (Å²) in [6, 6.07) is 11.5. The van der Waals surface area contributed by atoms with E-state index in [1.807, 2.05) is 42.6 Å². The molecule has 1 aromatic carbocycles. The fraction of sp³-hybridized carbons (Fsp3) is 0.267. The Morgan fingerprint density at radius 2 is 2.05 bits per heavy atom. The van der Waals surface area contributed by atoms with Crippen LogP contribution in [0.4, 0.5) is 5.69 Å². The summed E-state index contributed by atoms with van der Waals surface area (Å²) in [6.45, 7) is 2.33. The minimum absolute atomic E-state index is 0.0569. The highest BCUT2D eigenvalue weighted by atomic mass is 32.1. The quantitative estimate of drug-likeness (QED) is 0.859. The van der Waals surface area contributed by atoms with Crippen molar-refractivity contribution in [3.63, 3.8) is 0 Å². The fourth-order valence-electron chi connectivity index (χ4n) is 1.76. The minimum Gasteiger partial charge on any atom is -0.497 e. The van der Waals surface area contributed by atoms with Gasteiger partial charge in [0.1, 0.15) is 5.75 Å². The number of ether oxygens (including phenoxy) is 1. The monoisotopic (exact) mass is 290 g/mol. The van der Waals surface area contributed by atoms with Crippen molar-refractivity contribution < 1.29 is 9.53 Å². The van der Waals surface area contributed by atoms with Gasteiger partial charge in [-0.3, -0.25) is 4.79 Å². The molecule has 106 valence electrons. The van der Waals surface area contributed by atoms with Gasteiger partial charge in [0.15, 0.2) is 0 Å². The average Bonchev–Trinajstić information content (AvgIpc) is 3.00. The van der Waals surface area contributed by atoms with Crippen LogP contribution in [0.2, 0.25) is 0 Å². The second kappa shape index (κ2) is 7.07. The van der Waals surface area contributed by atoms with Crippen LogP contribution in [0.1, 0.15) is 17.8 Å². The normalized spacial score (nSPS) is 11.9. The molecule has 0 bridgehead atoms. The Bertz CT molecular complexity index is 538. The Balaban J connectivity index is 1.80. The van der Waals surface area contributed by atoms with E-state index in [-0.39, 0.29) is 18.5 Å². The highest BCUT2D eigenvalue weighted by molar-refractivity contribution is 7.10. The van der Waals surface area contributed by atoms with Gasteiger partial charge in [-0.2, -0.15) is 0 Å². The van der Waals surface area contributed by atoms with Crippen molar-refractivity contribution in [1.82, 2.24) is 5.32 Å². The molecule has 0 aliphatic carbocycles. The van der Waals surface area contributed by atoms with Gasteiger partial charge in [0.25, 0.3) is 0 Å². The first-order chi connectivity index (χ1) is 9.69. The van der Waals surface area contributed by atoms with Crippen LogP contribution in [-0.2, 0) is 4.79 Å². The molecule has 1 heterocycles. The molecule has 0 saturated carbocycles. The Morgan fingerprint density at radius 1 is 1.30 bits per heavy atom. The van der Waals surface area contributed by atoms with Crippen molar-refractivity contribution in [2.45, 2.75) is 13.0 Å². The lowest BCUT2D eigenvalue weighted by molar-refractivity contribution is -0.115. The molecule has 0 saturated heterocycles. The standard InChI is InChI=1S/C15H18N2O2S/c1-11(14-4-3-9-20-14)16-10-15(18)17-12-5-7-13(19-2)8-6-12/h3-9,11,16H,10H2,1-2H3,(H,17,18). The molecule has 2 N–H and O–H groups in total. The summed E-state index contributed by atoms with van der Waals surface area (Å²) in [6.07, 6.45) is 0. The van der Waals surface area contributed by atoms with Crippen molar-refractivity contribution in [3.05, 3.63) is 46.7 Å². The molecular formula is C15H18N2O2S. The van der Waals surface area contributed by atoms with E-state index in [9.17, 15) is 4.79 Å². The second-order valence-electron chi connectivity index (χ2n) is 4.39. The molecule has 2 rings (SSSR count). The molecular weight excluding hydrogens is 272 g/mol. The number of carbonyl (C=O) groups is 1. The van der Waals surface area contributed by atoms with E-state index in [0.717, 1.165) is 11.4 Å². The molecule has 20 heavy (non-hydrogen) atoms. The summed E-state index contributed by atoms with van der Waals surface area (Å²) >= 11 is 1.68. The predicted octanol–water partition coefficient (Wildman–Crippen LogP) is 3.05. The molecule has 1 amide bonds. The fourth-order valence-corrected chi connectivity index (χ4v) is 2.52. The highest BCUT2D eigenvalue weighted by Crippen LogP contribution is 2.18. The first-order valence-corrected chi connectivity index (χ1v) is 7.27. The SMILES string of the molecule is COc1ccc(NC(=O)CNC(C)c2cccs2)cc1. The summed E-state index contributed by atoms with van der Waals surface area (Å²) < 4.78 is 5.07. The van der Waals surface area contributed by atoms with Gasteiger partial charge in [0.05, 0.1) is 13.7 Å².